The molecular weight excluding hydrogens is 462 g/mol. The molecule has 2 aromatic rings. The second kappa shape index (κ2) is 11.6. The second-order valence-corrected chi connectivity index (χ2v) is 9.34. The van der Waals surface area contributed by atoms with E-state index in [1.807, 2.05) is 0 Å². The van der Waals surface area contributed by atoms with Crippen LogP contribution in [0.3, 0.4) is 0 Å². The first-order valence-corrected chi connectivity index (χ1v) is 12.0. The Balaban J connectivity index is 2.28. The van der Waals surface area contributed by atoms with E-state index in [0.29, 0.717) is 11.5 Å². The fraction of sp³-hybridized carbons (Fsp3) is 0.364. The van der Waals surface area contributed by atoms with E-state index in [-0.39, 0.29) is 41.9 Å². The van der Waals surface area contributed by atoms with E-state index >= 15 is 0 Å². The number of hydrogen-bond acceptors (Lipinski definition) is 8. The van der Waals surface area contributed by atoms with E-state index in [1.165, 1.54) is 21.3 Å². The van der Waals surface area contributed by atoms with Crippen LogP contribution in [0.1, 0.15) is 26.3 Å². The minimum atomic E-state index is -3.98. The molecule has 0 aromatic heterocycles. The quantitative estimate of drug-likeness (QED) is 0.290. The molecule has 34 heavy (non-hydrogen) atoms. The number of nitro benzene ring substituents is 1. The van der Waals surface area contributed by atoms with Gasteiger partial charge in [0.1, 0.15) is 10.6 Å². The van der Waals surface area contributed by atoms with Crippen LogP contribution in [0, 0.1) is 10.1 Å². The lowest BCUT2D eigenvalue weighted by atomic mass is 10.1. The van der Waals surface area contributed by atoms with Crippen molar-refractivity contribution < 1.29 is 22.9 Å². The lowest BCUT2D eigenvalue weighted by Gasteiger charge is -2.20. The van der Waals surface area contributed by atoms with Crippen molar-refractivity contribution in [1.29, 1.82) is 0 Å². The summed E-state index contributed by atoms with van der Waals surface area (Å²) < 4.78 is 32.8. The first kappa shape index (κ1) is 26.7. The molecule has 0 atom stereocenters. The number of sulfonamides is 1. The summed E-state index contributed by atoms with van der Waals surface area (Å²) in [6, 6.07) is 10.5. The number of rotatable bonds is 11. The smallest absolute Gasteiger partial charge is 0.270 e. The van der Waals surface area contributed by atoms with Gasteiger partial charge in [-0.25, -0.2) is 8.42 Å². The molecular formula is C22H29N5O6S. The molecule has 0 aliphatic rings. The molecule has 0 fully saturated rings. The van der Waals surface area contributed by atoms with Crippen molar-refractivity contribution in [1.82, 2.24) is 9.21 Å². The molecule has 1 amide bonds. The average Bonchev–Trinajstić information content (AvgIpc) is 2.81. The lowest BCUT2D eigenvalue weighted by Crippen LogP contribution is -2.31. The van der Waals surface area contributed by atoms with Gasteiger partial charge in [0.2, 0.25) is 10.0 Å². The van der Waals surface area contributed by atoms with E-state index in [4.69, 9.17) is 4.74 Å². The number of hydrazone groups is 1. The van der Waals surface area contributed by atoms with Gasteiger partial charge in [0, 0.05) is 39.3 Å². The second-order valence-electron chi connectivity index (χ2n) is 7.44. The monoisotopic (exact) mass is 491 g/mol. The summed E-state index contributed by atoms with van der Waals surface area (Å²) in [6.45, 7) is 5.47. The molecule has 0 unspecified atom stereocenters. The van der Waals surface area contributed by atoms with Crippen LogP contribution in [-0.2, 0) is 14.8 Å². The normalized spacial score (nSPS) is 11.9. The van der Waals surface area contributed by atoms with Crippen LogP contribution in [-0.4, -0.2) is 68.0 Å². The van der Waals surface area contributed by atoms with E-state index in [1.54, 1.807) is 59.1 Å². The molecule has 0 spiro atoms. The Hall–Kier alpha value is -3.51. The predicted molar refractivity (Wildman–Crippen MR) is 130 cm³/mol. The Bertz CT molecular complexity index is 1160. The molecule has 0 saturated carbocycles. The average molecular weight is 492 g/mol. The number of ether oxygens (including phenoxy) is 1. The number of carbonyl (C=O) groups is 1. The highest BCUT2D eigenvalue weighted by molar-refractivity contribution is 7.89. The summed E-state index contributed by atoms with van der Waals surface area (Å²) in [5.74, 6) is 0.354. The van der Waals surface area contributed by atoms with Crippen LogP contribution in [0.4, 0.5) is 11.4 Å². The summed E-state index contributed by atoms with van der Waals surface area (Å²) >= 11 is 0. The highest BCUT2D eigenvalue weighted by Gasteiger charge is 2.27. The van der Waals surface area contributed by atoms with Crippen LogP contribution in [0.15, 0.2) is 52.5 Å². The maximum Gasteiger partial charge on any atom is 0.270 e. The number of hydrogen-bond donors (Lipinski definition) is 1. The highest BCUT2D eigenvalue weighted by atomic mass is 32.2. The summed E-state index contributed by atoms with van der Waals surface area (Å²) in [5, 5.41) is 15.5. The van der Waals surface area contributed by atoms with Crippen molar-refractivity contribution in [2.24, 2.45) is 5.10 Å². The van der Waals surface area contributed by atoms with Crippen LogP contribution in [0.25, 0.3) is 0 Å². The molecule has 11 nitrogen and oxygen atoms in total. The number of benzene rings is 2. The zero-order valence-corrected chi connectivity index (χ0v) is 20.6. The number of likely N-dealkylation sites (N-methyl/N-ethyl adjacent to an activating group) is 1. The van der Waals surface area contributed by atoms with Gasteiger partial charge in [-0.1, -0.05) is 13.8 Å². The minimum absolute atomic E-state index is 0.0785. The van der Waals surface area contributed by atoms with Crippen molar-refractivity contribution in [3.8, 4) is 5.75 Å². The van der Waals surface area contributed by atoms with Crippen molar-refractivity contribution in [2.75, 3.05) is 39.2 Å². The molecule has 2 rings (SSSR count). The standard InChI is InChI=1S/C22H29N5O6S/c1-6-26(7-2)34(31,32)21-14-18(27(29)30)10-13-20(21)24-23-16(3)17-8-11-19(12-9-17)33-15-22(28)25(4)5/h8-14,24H,6-7,15H2,1-5H3/b23-16+. The van der Waals surface area contributed by atoms with Gasteiger partial charge in [-0.15, -0.1) is 0 Å². The molecule has 1 N–H and O–H groups in total. The lowest BCUT2D eigenvalue weighted by molar-refractivity contribution is -0.385. The number of non-ortho nitro benzene ring substituents is 1. The number of nitrogens with one attached hydrogen (secondary N) is 1. The third-order valence-corrected chi connectivity index (χ3v) is 7.07. The Kier molecular flexibility index (Phi) is 9.10. The van der Waals surface area contributed by atoms with Crippen LogP contribution < -0.4 is 10.2 Å². The third kappa shape index (κ3) is 6.51. The third-order valence-electron chi connectivity index (χ3n) is 4.98. The molecule has 0 bridgehead atoms. The summed E-state index contributed by atoms with van der Waals surface area (Å²) in [4.78, 5) is 23.4. The van der Waals surface area contributed by atoms with Crippen LogP contribution in [0.2, 0.25) is 0 Å². The first-order valence-electron chi connectivity index (χ1n) is 10.5. The molecule has 0 aliphatic carbocycles. The molecule has 0 radical (unpaired) electrons. The first-order chi connectivity index (χ1) is 16.0. The van der Waals surface area contributed by atoms with E-state index in [9.17, 15) is 23.3 Å². The van der Waals surface area contributed by atoms with Gasteiger partial charge in [0.25, 0.3) is 11.6 Å². The molecule has 184 valence electrons. The zero-order chi connectivity index (χ0) is 25.5. The van der Waals surface area contributed by atoms with Gasteiger partial charge in [0.15, 0.2) is 6.61 Å². The number of carbonyl (C=O) groups excluding carboxylic acids is 1. The fourth-order valence-corrected chi connectivity index (χ4v) is 4.53. The van der Waals surface area contributed by atoms with Gasteiger partial charge in [0.05, 0.1) is 16.3 Å². The number of amides is 1. The van der Waals surface area contributed by atoms with Crippen molar-refractivity contribution in [3.05, 3.63) is 58.1 Å². The maximum absolute atomic E-state index is 13.1. The van der Waals surface area contributed by atoms with Crippen LogP contribution in [0.5, 0.6) is 5.75 Å². The van der Waals surface area contributed by atoms with E-state index in [0.717, 1.165) is 11.6 Å². The molecule has 0 saturated heterocycles. The van der Waals surface area contributed by atoms with Gasteiger partial charge in [-0.3, -0.25) is 20.3 Å². The Morgan fingerprint density at radius 1 is 1.12 bits per heavy atom. The Morgan fingerprint density at radius 3 is 2.26 bits per heavy atom. The molecule has 12 heteroatoms. The van der Waals surface area contributed by atoms with Crippen molar-refractivity contribution >= 4 is 33.0 Å². The molecule has 2 aromatic carbocycles. The Morgan fingerprint density at radius 2 is 1.74 bits per heavy atom. The zero-order valence-electron chi connectivity index (χ0n) is 19.8. The SMILES string of the molecule is CCN(CC)S(=O)(=O)c1cc([N+](=O)[O-])ccc1N/N=C(\C)c1ccc(OCC(=O)N(C)C)cc1. The van der Waals surface area contributed by atoms with Crippen molar-refractivity contribution in [2.45, 2.75) is 25.7 Å². The number of nitrogens with zero attached hydrogens (tertiary/aromatic N) is 4. The highest BCUT2D eigenvalue weighted by Crippen LogP contribution is 2.29. The van der Waals surface area contributed by atoms with Gasteiger partial charge in [-0.05, 0) is 42.8 Å². The number of anilines is 1. The largest absolute Gasteiger partial charge is 0.484 e. The fourth-order valence-electron chi connectivity index (χ4n) is 2.91. The summed E-state index contributed by atoms with van der Waals surface area (Å²) in [5.41, 5.74) is 3.80. The van der Waals surface area contributed by atoms with Gasteiger partial charge < -0.3 is 9.64 Å². The van der Waals surface area contributed by atoms with Gasteiger partial charge >= 0.3 is 0 Å². The van der Waals surface area contributed by atoms with Gasteiger partial charge in [-0.2, -0.15) is 9.41 Å². The van der Waals surface area contributed by atoms with E-state index < -0.39 is 14.9 Å². The predicted octanol–water partition coefficient (Wildman–Crippen LogP) is 2.93. The van der Waals surface area contributed by atoms with Crippen molar-refractivity contribution in [3.63, 3.8) is 0 Å². The summed E-state index contributed by atoms with van der Waals surface area (Å²) in [7, 11) is -0.688. The minimum Gasteiger partial charge on any atom is -0.484 e. The summed E-state index contributed by atoms with van der Waals surface area (Å²) in [6.07, 6.45) is 0. The maximum atomic E-state index is 13.1. The van der Waals surface area contributed by atoms with Crippen LogP contribution >= 0.6 is 0 Å². The topological polar surface area (TPSA) is 134 Å². The number of nitro groups is 1. The molecule has 0 heterocycles. The molecule has 0 aliphatic heterocycles. The van der Waals surface area contributed by atoms with E-state index in [2.05, 4.69) is 10.5 Å². The Labute approximate surface area is 199 Å².